The van der Waals surface area contributed by atoms with Gasteiger partial charge < -0.3 is 15.5 Å². The second kappa shape index (κ2) is 10.5. The fraction of sp³-hybridized carbons (Fsp3) is 0.333. The van der Waals surface area contributed by atoms with Crippen LogP contribution in [0.5, 0.6) is 0 Å². The minimum atomic E-state index is -0.200. The lowest BCUT2D eigenvalue weighted by atomic mass is 9.90. The van der Waals surface area contributed by atoms with Crippen LogP contribution >= 0.6 is 0 Å². The van der Waals surface area contributed by atoms with Gasteiger partial charge in [-0.2, -0.15) is 4.98 Å². The van der Waals surface area contributed by atoms with Crippen LogP contribution in [0.4, 0.5) is 11.8 Å². The average Bonchev–Trinajstić information content (AvgIpc) is 2.85. The summed E-state index contributed by atoms with van der Waals surface area (Å²) in [6.07, 6.45) is 5.27. The number of anilines is 2. The largest absolute Gasteiger partial charge is 0.363 e. The van der Waals surface area contributed by atoms with Gasteiger partial charge in [-0.3, -0.25) is 9.59 Å². The Morgan fingerprint density at radius 1 is 0.882 bits per heavy atom. The van der Waals surface area contributed by atoms with Crippen LogP contribution in [0.3, 0.4) is 0 Å². The maximum Gasteiger partial charge on any atom is 0.252 e. The third-order valence-corrected chi connectivity index (χ3v) is 6.22. The molecule has 0 aliphatic heterocycles. The second-order valence-electron chi connectivity index (χ2n) is 9.04. The summed E-state index contributed by atoms with van der Waals surface area (Å²) >= 11 is 0. The maximum absolute atomic E-state index is 13.1. The molecule has 0 saturated heterocycles. The fourth-order valence-corrected chi connectivity index (χ4v) is 4.24. The summed E-state index contributed by atoms with van der Waals surface area (Å²) in [5.41, 5.74) is 2.52. The van der Waals surface area contributed by atoms with Crippen LogP contribution in [0, 0.1) is 6.92 Å². The molecule has 1 aliphatic carbocycles. The Labute approximate surface area is 200 Å². The molecule has 0 bridgehead atoms. The molecule has 7 heteroatoms. The van der Waals surface area contributed by atoms with E-state index >= 15 is 0 Å². The number of benzene rings is 2. The Kier molecular flexibility index (Phi) is 7.21. The van der Waals surface area contributed by atoms with Crippen LogP contribution < -0.4 is 15.5 Å². The number of nitrogens with zero attached hydrogens (tertiary/aromatic N) is 3. The van der Waals surface area contributed by atoms with Crippen LogP contribution in [0.25, 0.3) is 0 Å². The summed E-state index contributed by atoms with van der Waals surface area (Å²) < 4.78 is 0. The molecule has 0 radical (unpaired) electrons. The Bertz CT molecular complexity index is 1150. The summed E-state index contributed by atoms with van der Waals surface area (Å²) in [6.45, 7) is 1.98. The first-order valence-electron chi connectivity index (χ1n) is 11.7. The minimum absolute atomic E-state index is 0.0714. The third kappa shape index (κ3) is 5.60. The van der Waals surface area contributed by atoms with E-state index in [4.69, 9.17) is 0 Å². The lowest BCUT2D eigenvalue weighted by molar-refractivity contribution is 0.0917. The van der Waals surface area contributed by atoms with Crippen molar-refractivity contribution >= 4 is 23.5 Å². The van der Waals surface area contributed by atoms with E-state index in [1.807, 2.05) is 44.1 Å². The van der Waals surface area contributed by atoms with E-state index in [9.17, 15) is 9.59 Å². The molecule has 1 amide bonds. The summed E-state index contributed by atoms with van der Waals surface area (Å²) in [6, 6.07) is 16.7. The Morgan fingerprint density at radius 3 is 2.21 bits per heavy atom. The highest BCUT2D eigenvalue weighted by Gasteiger charge is 2.25. The van der Waals surface area contributed by atoms with E-state index in [1.54, 1.807) is 42.6 Å². The number of hydrogen-bond donors (Lipinski definition) is 2. The highest BCUT2D eigenvalue weighted by atomic mass is 16.2. The summed E-state index contributed by atoms with van der Waals surface area (Å²) in [4.78, 5) is 37.0. The van der Waals surface area contributed by atoms with Gasteiger partial charge in [0.25, 0.3) is 5.91 Å². The lowest BCUT2D eigenvalue weighted by Crippen LogP contribution is -2.40. The highest BCUT2D eigenvalue weighted by molar-refractivity contribution is 6.15. The van der Waals surface area contributed by atoms with E-state index in [0.29, 0.717) is 22.6 Å². The zero-order chi connectivity index (χ0) is 24.1. The van der Waals surface area contributed by atoms with Crippen molar-refractivity contribution in [3.8, 4) is 0 Å². The van der Waals surface area contributed by atoms with Crippen molar-refractivity contribution in [2.45, 2.75) is 44.7 Å². The standard InChI is InChI=1S/C27H31N5O2/c1-18-8-10-19(11-9-18)25(33)22-6-4-5-7-23(22)26(34)29-20-12-14-21(15-13-20)30-27-28-17-16-24(31-27)32(2)3/h4-11,16-17,20-21H,12-15H2,1-3H3,(H,29,34)(H,28,30,31)/t20-,21+. The molecule has 7 nitrogen and oxygen atoms in total. The quantitative estimate of drug-likeness (QED) is 0.516. The van der Waals surface area contributed by atoms with Crippen LogP contribution in [-0.2, 0) is 0 Å². The molecule has 1 aliphatic rings. The van der Waals surface area contributed by atoms with Crippen molar-refractivity contribution < 1.29 is 9.59 Å². The van der Waals surface area contributed by atoms with Gasteiger partial charge in [0, 0.05) is 43.5 Å². The predicted molar refractivity (Wildman–Crippen MR) is 135 cm³/mol. The molecule has 176 valence electrons. The third-order valence-electron chi connectivity index (χ3n) is 6.22. The molecule has 3 aromatic rings. The monoisotopic (exact) mass is 457 g/mol. The molecule has 2 N–H and O–H groups in total. The normalized spacial score (nSPS) is 17.6. The first-order chi connectivity index (χ1) is 16.4. The van der Waals surface area contributed by atoms with E-state index in [-0.39, 0.29) is 23.8 Å². The van der Waals surface area contributed by atoms with Crippen molar-refractivity contribution in [2.75, 3.05) is 24.3 Å². The molecular formula is C27H31N5O2. The number of aryl methyl sites for hydroxylation is 1. The van der Waals surface area contributed by atoms with E-state index in [2.05, 4.69) is 20.6 Å². The number of carbonyl (C=O) groups excluding carboxylic acids is 2. The maximum atomic E-state index is 13.1. The van der Waals surface area contributed by atoms with Crippen LogP contribution in [0.2, 0.25) is 0 Å². The zero-order valence-electron chi connectivity index (χ0n) is 19.9. The zero-order valence-corrected chi connectivity index (χ0v) is 19.9. The van der Waals surface area contributed by atoms with Crippen LogP contribution in [-0.4, -0.2) is 47.8 Å². The topological polar surface area (TPSA) is 87.2 Å². The molecule has 0 unspecified atom stereocenters. The van der Waals surface area contributed by atoms with Crippen LogP contribution in [0.15, 0.2) is 60.8 Å². The first-order valence-corrected chi connectivity index (χ1v) is 11.7. The van der Waals surface area contributed by atoms with Gasteiger partial charge in [0.2, 0.25) is 5.95 Å². The molecule has 1 fully saturated rings. The van der Waals surface area contributed by atoms with Gasteiger partial charge in [-0.05, 0) is 44.7 Å². The number of ketones is 1. The molecule has 0 atom stereocenters. The second-order valence-corrected chi connectivity index (χ2v) is 9.04. The number of hydrogen-bond acceptors (Lipinski definition) is 6. The van der Waals surface area contributed by atoms with Gasteiger partial charge in [0.1, 0.15) is 5.82 Å². The van der Waals surface area contributed by atoms with Crippen molar-refractivity contribution in [1.82, 2.24) is 15.3 Å². The summed E-state index contributed by atoms with van der Waals surface area (Å²) in [7, 11) is 3.90. The van der Waals surface area contributed by atoms with Crippen molar-refractivity contribution in [2.24, 2.45) is 0 Å². The van der Waals surface area contributed by atoms with Crippen molar-refractivity contribution in [3.63, 3.8) is 0 Å². The summed E-state index contributed by atoms with van der Waals surface area (Å²) in [5, 5.41) is 6.56. The molecule has 1 heterocycles. The Balaban J connectivity index is 1.36. The van der Waals surface area contributed by atoms with E-state index in [1.165, 1.54) is 0 Å². The van der Waals surface area contributed by atoms with E-state index in [0.717, 1.165) is 37.1 Å². The molecule has 4 rings (SSSR count). The SMILES string of the molecule is Cc1ccc(C(=O)c2ccccc2C(=O)N[C@H]2CC[C@@H](Nc3nccc(N(C)C)n3)CC2)cc1. The molecule has 2 aromatic carbocycles. The molecule has 1 aromatic heterocycles. The number of amides is 1. The van der Waals surface area contributed by atoms with Gasteiger partial charge in [0.05, 0.1) is 5.56 Å². The van der Waals surface area contributed by atoms with Crippen molar-refractivity contribution in [3.05, 3.63) is 83.0 Å². The molecule has 0 spiro atoms. The van der Waals surface area contributed by atoms with Gasteiger partial charge in [-0.1, -0.05) is 48.0 Å². The van der Waals surface area contributed by atoms with Crippen molar-refractivity contribution in [1.29, 1.82) is 0 Å². The number of rotatable bonds is 7. The predicted octanol–water partition coefficient (Wildman–Crippen LogP) is 4.24. The van der Waals surface area contributed by atoms with Crippen LogP contribution in [0.1, 0.15) is 57.5 Å². The number of carbonyl (C=O) groups is 2. The highest BCUT2D eigenvalue weighted by Crippen LogP contribution is 2.23. The fourth-order valence-electron chi connectivity index (χ4n) is 4.24. The van der Waals surface area contributed by atoms with Gasteiger partial charge in [-0.15, -0.1) is 0 Å². The smallest absolute Gasteiger partial charge is 0.252 e. The first kappa shape index (κ1) is 23.4. The van der Waals surface area contributed by atoms with Gasteiger partial charge in [0.15, 0.2) is 5.78 Å². The molecule has 34 heavy (non-hydrogen) atoms. The number of nitrogens with one attached hydrogen (secondary N) is 2. The lowest BCUT2D eigenvalue weighted by Gasteiger charge is -2.30. The van der Waals surface area contributed by atoms with E-state index < -0.39 is 0 Å². The Hall–Kier alpha value is -3.74. The minimum Gasteiger partial charge on any atom is -0.363 e. The average molecular weight is 458 g/mol. The molecular weight excluding hydrogens is 426 g/mol. The van der Waals surface area contributed by atoms with Gasteiger partial charge in [-0.25, -0.2) is 4.98 Å². The number of aromatic nitrogens is 2. The molecule has 1 saturated carbocycles. The Morgan fingerprint density at radius 2 is 1.53 bits per heavy atom. The summed E-state index contributed by atoms with van der Waals surface area (Å²) in [5.74, 6) is 1.15. The van der Waals surface area contributed by atoms with Gasteiger partial charge >= 0.3 is 0 Å².